The maximum Gasteiger partial charge on any atom is 0.312 e. The smallest absolute Gasteiger partial charge is 0.312 e. The third kappa shape index (κ3) is 4.49. The third-order valence-corrected chi connectivity index (χ3v) is 4.81. The topological polar surface area (TPSA) is 133 Å². The number of nitrogens with two attached hydrogens (primary N) is 1. The highest BCUT2D eigenvalue weighted by Gasteiger charge is 2.26. The number of benzene rings is 2. The molecule has 0 saturated carbocycles. The lowest BCUT2D eigenvalue weighted by atomic mass is 10.1. The molecule has 1 aromatic heterocycles. The molecule has 140 valence electrons. The van der Waals surface area contributed by atoms with Crippen molar-refractivity contribution in [3.63, 3.8) is 0 Å². The number of anilines is 1. The van der Waals surface area contributed by atoms with Crippen LogP contribution in [0.5, 0.6) is 0 Å². The highest BCUT2D eigenvalue weighted by molar-refractivity contribution is 7.89. The number of hydrogen-bond donors (Lipinski definition) is 2. The molecule has 0 atom stereocenters. The highest BCUT2D eigenvalue weighted by atomic mass is 32.2. The van der Waals surface area contributed by atoms with Gasteiger partial charge in [0.25, 0.3) is 0 Å². The molecule has 3 N–H and O–H groups in total. The number of nitro benzene ring substituents is 1. The summed E-state index contributed by atoms with van der Waals surface area (Å²) in [6.07, 6.45) is 3.55. The first-order valence-electron chi connectivity index (χ1n) is 7.94. The Bertz CT molecular complexity index is 1060. The maximum absolute atomic E-state index is 11.6. The fourth-order valence-corrected chi connectivity index (χ4v) is 3.42. The number of para-hydroxylation sites is 1. The zero-order valence-electron chi connectivity index (χ0n) is 14.1. The van der Waals surface area contributed by atoms with Gasteiger partial charge in [-0.25, -0.2) is 13.6 Å². The van der Waals surface area contributed by atoms with Gasteiger partial charge in [0, 0.05) is 18.9 Å². The van der Waals surface area contributed by atoms with Crippen molar-refractivity contribution in [3.05, 3.63) is 82.2 Å². The van der Waals surface area contributed by atoms with Crippen molar-refractivity contribution in [2.75, 3.05) is 5.32 Å². The van der Waals surface area contributed by atoms with Crippen molar-refractivity contribution in [3.8, 4) is 0 Å². The van der Waals surface area contributed by atoms with Crippen LogP contribution in [0.3, 0.4) is 0 Å². The van der Waals surface area contributed by atoms with Gasteiger partial charge in [0.1, 0.15) is 5.69 Å². The van der Waals surface area contributed by atoms with E-state index in [4.69, 9.17) is 5.14 Å². The van der Waals surface area contributed by atoms with Crippen molar-refractivity contribution in [1.29, 1.82) is 0 Å². The summed E-state index contributed by atoms with van der Waals surface area (Å²) in [7, 11) is -4.21. The van der Waals surface area contributed by atoms with Crippen LogP contribution in [0.1, 0.15) is 11.1 Å². The van der Waals surface area contributed by atoms with Crippen LogP contribution in [0.2, 0.25) is 0 Å². The summed E-state index contributed by atoms with van der Waals surface area (Å²) in [5.74, 6) is 0. The van der Waals surface area contributed by atoms with Gasteiger partial charge in [-0.1, -0.05) is 30.3 Å². The molecule has 0 aliphatic rings. The van der Waals surface area contributed by atoms with E-state index in [-0.39, 0.29) is 12.2 Å². The minimum atomic E-state index is -4.21. The summed E-state index contributed by atoms with van der Waals surface area (Å²) in [4.78, 5) is 10.1. The van der Waals surface area contributed by atoms with Crippen molar-refractivity contribution in [2.45, 2.75) is 18.0 Å². The van der Waals surface area contributed by atoms with Gasteiger partial charge in [0.05, 0.1) is 11.5 Å². The lowest BCUT2D eigenvalue weighted by Gasteiger charge is -2.10. The van der Waals surface area contributed by atoms with Gasteiger partial charge < -0.3 is 5.32 Å². The second kappa shape index (κ2) is 7.56. The Morgan fingerprint density at radius 2 is 1.89 bits per heavy atom. The number of aromatic nitrogens is 2. The van der Waals surface area contributed by atoms with Crippen LogP contribution in [-0.4, -0.2) is 23.1 Å². The van der Waals surface area contributed by atoms with Crippen LogP contribution in [0.15, 0.2) is 65.8 Å². The Morgan fingerprint density at radius 3 is 2.56 bits per heavy atom. The van der Waals surface area contributed by atoms with E-state index in [9.17, 15) is 18.5 Å². The molecule has 10 heteroatoms. The number of hydrogen-bond acceptors (Lipinski definition) is 6. The summed E-state index contributed by atoms with van der Waals surface area (Å²) in [5.41, 5.74) is 1.43. The molecule has 9 nitrogen and oxygen atoms in total. The lowest BCUT2D eigenvalue weighted by Crippen LogP contribution is -2.15. The van der Waals surface area contributed by atoms with E-state index >= 15 is 0 Å². The fraction of sp³-hybridized carbons (Fsp3) is 0.118. The number of sulfonamides is 1. The molecule has 2 aromatic carbocycles. The molecule has 0 aliphatic carbocycles. The van der Waals surface area contributed by atoms with Crippen molar-refractivity contribution in [1.82, 2.24) is 9.78 Å². The molecular formula is C17H17N5O4S. The van der Waals surface area contributed by atoms with E-state index in [0.29, 0.717) is 6.54 Å². The van der Waals surface area contributed by atoms with E-state index in [1.54, 1.807) is 10.9 Å². The molecule has 0 bridgehead atoms. The second-order valence-electron chi connectivity index (χ2n) is 5.83. The van der Waals surface area contributed by atoms with Crippen LogP contribution in [0.25, 0.3) is 0 Å². The van der Waals surface area contributed by atoms with Gasteiger partial charge in [0.2, 0.25) is 10.0 Å². The number of nitrogens with zero attached hydrogens (tertiary/aromatic N) is 3. The standard InChI is InChI=1S/C17H17N5O4S/c18-27(25,26)16-7-2-6-15(17(16)22(23)24)19-11-13-4-1-5-14(10-13)12-21-9-3-8-20-21/h1-10,19H,11-12H2,(H2,18,25,26). The summed E-state index contributed by atoms with van der Waals surface area (Å²) >= 11 is 0. The first-order chi connectivity index (χ1) is 12.8. The number of rotatable bonds is 7. The molecule has 0 radical (unpaired) electrons. The maximum atomic E-state index is 11.6. The van der Waals surface area contributed by atoms with Gasteiger partial charge in [-0.15, -0.1) is 0 Å². The first-order valence-corrected chi connectivity index (χ1v) is 9.48. The van der Waals surface area contributed by atoms with Crippen LogP contribution >= 0.6 is 0 Å². The first kappa shape index (κ1) is 18.5. The SMILES string of the molecule is NS(=O)(=O)c1cccc(NCc2cccc(Cn3cccn3)c2)c1[N+](=O)[O-]. The number of primary sulfonamides is 1. The molecule has 1 heterocycles. The van der Waals surface area contributed by atoms with Crippen LogP contribution in [-0.2, 0) is 23.1 Å². The Balaban J connectivity index is 1.82. The lowest BCUT2D eigenvalue weighted by molar-refractivity contribution is -0.386. The number of nitro groups is 1. The van der Waals surface area contributed by atoms with Crippen molar-refractivity contribution in [2.24, 2.45) is 5.14 Å². The zero-order chi connectivity index (χ0) is 19.4. The summed E-state index contributed by atoms with van der Waals surface area (Å²) < 4.78 is 25.0. The predicted octanol–water partition coefficient (Wildman–Crippen LogP) is 2.10. The average Bonchev–Trinajstić information content (AvgIpc) is 3.12. The van der Waals surface area contributed by atoms with Crippen LogP contribution in [0, 0.1) is 10.1 Å². The van der Waals surface area contributed by atoms with Gasteiger partial charge in [-0.2, -0.15) is 5.10 Å². The number of nitrogens with one attached hydrogen (secondary N) is 1. The molecule has 3 aromatic rings. The van der Waals surface area contributed by atoms with Gasteiger partial charge >= 0.3 is 5.69 Å². The van der Waals surface area contributed by atoms with E-state index in [1.165, 1.54) is 12.1 Å². The molecule has 0 amide bonds. The monoisotopic (exact) mass is 387 g/mol. The molecule has 0 fully saturated rings. The fourth-order valence-electron chi connectivity index (χ4n) is 2.70. The zero-order valence-corrected chi connectivity index (χ0v) is 15.0. The largest absolute Gasteiger partial charge is 0.375 e. The quantitative estimate of drug-likeness (QED) is 0.471. The summed E-state index contributed by atoms with van der Waals surface area (Å²) in [6.45, 7) is 0.879. The Morgan fingerprint density at radius 1 is 1.15 bits per heavy atom. The molecular weight excluding hydrogens is 370 g/mol. The Kier molecular flexibility index (Phi) is 5.19. The summed E-state index contributed by atoms with van der Waals surface area (Å²) in [6, 6.07) is 13.5. The molecule has 0 unspecified atom stereocenters. The Hall–Kier alpha value is -3.24. The van der Waals surface area contributed by atoms with Gasteiger partial charge in [-0.05, 0) is 29.3 Å². The van der Waals surface area contributed by atoms with E-state index in [1.807, 2.05) is 36.5 Å². The molecule has 27 heavy (non-hydrogen) atoms. The van der Waals surface area contributed by atoms with E-state index < -0.39 is 25.5 Å². The van der Waals surface area contributed by atoms with Gasteiger partial charge in [0.15, 0.2) is 4.90 Å². The summed E-state index contributed by atoms with van der Waals surface area (Å²) in [5, 5.41) is 23.5. The normalized spacial score (nSPS) is 11.3. The predicted molar refractivity (Wildman–Crippen MR) is 99.6 cm³/mol. The second-order valence-corrected chi connectivity index (χ2v) is 7.36. The van der Waals surface area contributed by atoms with Crippen LogP contribution < -0.4 is 10.5 Å². The third-order valence-electron chi connectivity index (χ3n) is 3.87. The molecule has 0 spiro atoms. The van der Waals surface area contributed by atoms with E-state index in [0.717, 1.165) is 17.2 Å². The van der Waals surface area contributed by atoms with E-state index in [2.05, 4.69) is 10.4 Å². The van der Waals surface area contributed by atoms with Crippen molar-refractivity contribution >= 4 is 21.4 Å². The molecule has 0 aliphatic heterocycles. The van der Waals surface area contributed by atoms with Gasteiger partial charge in [-0.3, -0.25) is 14.8 Å². The minimum Gasteiger partial charge on any atom is -0.375 e. The minimum absolute atomic E-state index is 0.0870. The average molecular weight is 387 g/mol. The molecule has 0 saturated heterocycles. The van der Waals surface area contributed by atoms with Crippen LogP contribution in [0.4, 0.5) is 11.4 Å². The molecule has 3 rings (SSSR count). The highest BCUT2D eigenvalue weighted by Crippen LogP contribution is 2.31. The van der Waals surface area contributed by atoms with Crippen molar-refractivity contribution < 1.29 is 13.3 Å². The Labute approximate surface area is 155 Å².